The van der Waals surface area contributed by atoms with Crippen LogP contribution in [-0.4, -0.2) is 51.5 Å². The van der Waals surface area contributed by atoms with Crippen molar-refractivity contribution in [3.8, 4) is 5.75 Å². The Morgan fingerprint density at radius 3 is 2.83 bits per heavy atom. The number of carbonyl (C=O) groups is 1. The summed E-state index contributed by atoms with van der Waals surface area (Å²) in [6.45, 7) is 2.27. The molecule has 0 spiro atoms. The summed E-state index contributed by atoms with van der Waals surface area (Å²) in [6.07, 6.45) is 3.72. The zero-order valence-electron chi connectivity index (χ0n) is 16.9. The van der Waals surface area contributed by atoms with Crippen molar-refractivity contribution in [2.45, 2.75) is 26.1 Å². The van der Waals surface area contributed by atoms with Crippen molar-refractivity contribution in [2.24, 2.45) is 0 Å². The molecule has 0 radical (unpaired) electrons. The summed E-state index contributed by atoms with van der Waals surface area (Å²) < 4.78 is 12.3. The van der Waals surface area contributed by atoms with Crippen LogP contribution in [0.5, 0.6) is 5.75 Å². The van der Waals surface area contributed by atoms with Crippen molar-refractivity contribution >= 4 is 6.03 Å². The molecular formula is C21H23N5O4. The van der Waals surface area contributed by atoms with Crippen LogP contribution >= 0.6 is 0 Å². The van der Waals surface area contributed by atoms with Crippen molar-refractivity contribution < 1.29 is 13.9 Å². The maximum atomic E-state index is 12.4. The Labute approximate surface area is 173 Å². The van der Waals surface area contributed by atoms with Gasteiger partial charge >= 0.3 is 6.03 Å². The second kappa shape index (κ2) is 8.50. The molecule has 0 atom stereocenters. The van der Waals surface area contributed by atoms with Gasteiger partial charge in [0.1, 0.15) is 24.3 Å². The monoisotopic (exact) mass is 409 g/mol. The highest BCUT2D eigenvalue weighted by Crippen LogP contribution is 2.20. The highest BCUT2D eigenvalue weighted by molar-refractivity contribution is 5.75. The fourth-order valence-electron chi connectivity index (χ4n) is 3.39. The molecule has 3 heterocycles. The largest absolute Gasteiger partial charge is 0.480 e. The molecule has 1 aromatic carbocycles. The van der Waals surface area contributed by atoms with Crippen LogP contribution in [-0.2, 0) is 26.1 Å². The van der Waals surface area contributed by atoms with E-state index in [0.29, 0.717) is 18.0 Å². The molecule has 0 fully saturated rings. The van der Waals surface area contributed by atoms with Gasteiger partial charge in [-0.1, -0.05) is 29.5 Å². The Kier molecular flexibility index (Phi) is 5.62. The van der Waals surface area contributed by atoms with E-state index in [9.17, 15) is 9.59 Å². The first kappa shape index (κ1) is 19.8. The molecule has 2 aromatic heterocycles. The molecule has 1 aliphatic rings. The van der Waals surface area contributed by atoms with E-state index in [1.54, 1.807) is 14.1 Å². The Hall–Kier alpha value is -3.46. The summed E-state index contributed by atoms with van der Waals surface area (Å²) in [7, 11) is 3.23. The molecule has 9 nitrogen and oxygen atoms in total. The minimum Gasteiger partial charge on any atom is -0.480 e. The number of aromatic nitrogens is 3. The average molecular weight is 409 g/mol. The van der Waals surface area contributed by atoms with Gasteiger partial charge in [0.2, 0.25) is 11.2 Å². The Morgan fingerprint density at radius 2 is 2.07 bits per heavy atom. The molecule has 0 bridgehead atoms. The third-order valence-corrected chi connectivity index (χ3v) is 5.00. The zero-order chi connectivity index (χ0) is 21.1. The maximum Gasteiger partial charge on any atom is 0.345 e. The third kappa shape index (κ3) is 4.25. The second-order valence-corrected chi connectivity index (χ2v) is 7.41. The number of benzene rings is 1. The maximum absolute atomic E-state index is 12.4. The molecule has 3 aromatic rings. The van der Waals surface area contributed by atoms with Crippen molar-refractivity contribution in [3.63, 3.8) is 0 Å². The molecule has 4 rings (SSSR count). The van der Waals surface area contributed by atoms with Gasteiger partial charge in [-0.15, -0.1) is 5.10 Å². The molecular weight excluding hydrogens is 386 g/mol. The van der Waals surface area contributed by atoms with Gasteiger partial charge in [0.15, 0.2) is 0 Å². The van der Waals surface area contributed by atoms with E-state index in [-0.39, 0.29) is 23.8 Å². The standard InChI is InChI=1S/C21H23N5O4/c1-24(2)21(28)26-17(10-22-23-26)13-30-20-14-29-18(9-19(20)27)12-25-8-7-15-5-3-4-6-16(15)11-25/h3-6,9-10,14H,7-8,11-13H2,1-2H3. The lowest BCUT2D eigenvalue weighted by Crippen LogP contribution is -2.30. The van der Waals surface area contributed by atoms with Crippen molar-refractivity contribution in [2.75, 3.05) is 20.6 Å². The number of nitrogens with zero attached hydrogens (tertiary/aromatic N) is 5. The summed E-state index contributed by atoms with van der Waals surface area (Å²) in [6, 6.07) is 9.50. The van der Waals surface area contributed by atoms with Crippen LogP contribution in [0.2, 0.25) is 0 Å². The van der Waals surface area contributed by atoms with E-state index < -0.39 is 0 Å². The van der Waals surface area contributed by atoms with Crippen molar-refractivity contribution in [3.05, 3.63) is 75.6 Å². The molecule has 0 saturated carbocycles. The van der Waals surface area contributed by atoms with E-state index in [4.69, 9.17) is 9.15 Å². The van der Waals surface area contributed by atoms with E-state index in [1.807, 2.05) is 6.07 Å². The molecule has 30 heavy (non-hydrogen) atoms. The van der Waals surface area contributed by atoms with Gasteiger partial charge in [0, 0.05) is 33.3 Å². The minimum absolute atomic E-state index is 0.0282. The van der Waals surface area contributed by atoms with Gasteiger partial charge in [-0.25, -0.2) is 4.79 Å². The molecule has 0 aliphatic carbocycles. The fourth-order valence-corrected chi connectivity index (χ4v) is 3.39. The average Bonchev–Trinajstić information content (AvgIpc) is 3.21. The summed E-state index contributed by atoms with van der Waals surface area (Å²) in [5.74, 6) is 0.661. The molecule has 1 amide bonds. The summed E-state index contributed by atoms with van der Waals surface area (Å²) in [5.41, 5.74) is 2.85. The smallest absolute Gasteiger partial charge is 0.345 e. The van der Waals surface area contributed by atoms with Crippen LogP contribution in [0.4, 0.5) is 4.79 Å². The van der Waals surface area contributed by atoms with Crippen LogP contribution in [0, 0.1) is 0 Å². The van der Waals surface area contributed by atoms with Crippen LogP contribution in [0.25, 0.3) is 0 Å². The van der Waals surface area contributed by atoms with Gasteiger partial charge in [-0.3, -0.25) is 9.69 Å². The number of amides is 1. The first-order chi connectivity index (χ1) is 14.5. The molecule has 0 saturated heterocycles. The predicted octanol–water partition coefficient (Wildman–Crippen LogP) is 1.90. The number of hydrogen-bond donors (Lipinski definition) is 0. The molecule has 0 N–H and O–H groups in total. The number of rotatable bonds is 5. The van der Waals surface area contributed by atoms with Crippen molar-refractivity contribution in [1.29, 1.82) is 0 Å². The highest BCUT2D eigenvalue weighted by Gasteiger charge is 2.18. The number of fused-ring (bicyclic) bond motifs is 1. The first-order valence-corrected chi connectivity index (χ1v) is 9.66. The molecule has 156 valence electrons. The Morgan fingerprint density at radius 1 is 1.27 bits per heavy atom. The number of hydrogen-bond acceptors (Lipinski definition) is 7. The minimum atomic E-state index is -0.350. The van der Waals surface area contributed by atoms with Crippen LogP contribution in [0.15, 0.2) is 52.0 Å². The number of carbonyl (C=O) groups excluding carboxylic acids is 1. The molecule has 0 unspecified atom stereocenters. The van der Waals surface area contributed by atoms with E-state index in [0.717, 1.165) is 24.2 Å². The Bertz CT molecular complexity index is 1100. The number of ether oxygens (including phenoxy) is 1. The summed E-state index contributed by atoms with van der Waals surface area (Å²) in [5, 5.41) is 7.49. The SMILES string of the molecule is CN(C)C(=O)n1nncc1COc1coc(CN2CCc3ccccc3C2)cc1=O. The van der Waals surface area contributed by atoms with Gasteiger partial charge in [0.05, 0.1) is 12.7 Å². The predicted molar refractivity (Wildman–Crippen MR) is 108 cm³/mol. The van der Waals surface area contributed by atoms with Gasteiger partial charge < -0.3 is 14.1 Å². The quantitative estimate of drug-likeness (QED) is 0.635. The van der Waals surface area contributed by atoms with Crippen LogP contribution in [0.3, 0.4) is 0 Å². The van der Waals surface area contributed by atoms with Gasteiger partial charge in [0.25, 0.3) is 0 Å². The lowest BCUT2D eigenvalue weighted by molar-refractivity contribution is 0.209. The lowest BCUT2D eigenvalue weighted by Gasteiger charge is -2.28. The van der Waals surface area contributed by atoms with Crippen LogP contribution in [0.1, 0.15) is 22.6 Å². The highest BCUT2D eigenvalue weighted by atomic mass is 16.5. The Balaban J connectivity index is 1.39. The summed E-state index contributed by atoms with van der Waals surface area (Å²) in [4.78, 5) is 28.1. The normalized spacial score (nSPS) is 13.7. The van der Waals surface area contributed by atoms with Gasteiger partial charge in [-0.2, -0.15) is 4.68 Å². The zero-order valence-corrected chi connectivity index (χ0v) is 16.9. The first-order valence-electron chi connectivity index (χ1n) is 9.66. The summed E-state index contributed by atoms with van der Waals surface area (Å²) >= 11 is 0. The topological polar surface area (TPSA) is 93.7 Å². The fraction of sp³-hybridized carbons (Fsp3) is 0.333. The van der Waals surface area contributed by atoms with Gasteiger partial charge in [-0.05, 0) is 17.5 Å². The third-order valence-electron chi connectivity index (χ3n) is 5.00. The van der Waals surface area contributed by atoms with Crippen molar-refractivity contribution in [1.82, 2.24) is 24.8 Å². The van der Waals surface area contributed by atoms with Crippen LogP contribution < -0.4 is 10.2 Å². The van der Waals surface area contributed by atoms with E-state index >= 15 is 0 Å². The molecule has 1 aliphatic heterocycles. The van der Waals surface area contributed by atoms with E-state index in [1.165, 1.54) is 34.6 Å². The molecule has 9 heteroatoms. The second-order valence-electron chi connectivity index (χ2n) is 7.41. The lowest BCUT2D eigenvalue weighted by atomic mass is 10.00. The van der Waals surface area contributed by atoms with E-state index in [2.05, 4.69) is 33.4 Å².